The summed E-state index contributed by atoms with van der Waals surface area (Å²) in [5, 5.41) is 11.9. The predicted molar refractivity (Wildman–Crippen MR) is 120 cm³/mol. The number of carbonyl (C=O) groups excluding carboxylic acids is 1. The zero-order chi connectivity index (χ0) is 21.6. The molecule has 0 bridgehead atoms. The largest absolute Gasteiger partial charge is 0.481 e. The number of carboxylic acid groups (broad SMARTS) is 1. The maximum atomic E-state index is 12.5. The highest BCUT2D eigenvalue weighted by Gasteiger charge is 2.29. The van der Waals surface area contributed by atoms with Crippen molar-refractivity contribution in [2.75, 3.05) is 6.61 Å². The van der Waals surface area contributed by atoms with Gasteiger partial charge >= 0.3 is 12.1 Å². The van der Waals surface area contributed by atoms with E-state index in [2.05, 4.69) is 29.6 Å². The molecule has 2 N–H and O–H groups in total. The van der Waals surface area contributed by atoms with Crippen molar-refractivity contribution in [3.05, 3.63) is 102 Å². The monoisotopic (exact) mass is 413 g/mol. The Morgan fingerprint density at radius 1 is 0.903 bits per heavy atom. The van der Waals surface area contributed by atoms with Crippen molar-refractivity contribution in [3.63, 3.8) is 0 Å². The smallest absolute Gasteiger partial charge is 0.407 e. The fraction of sp³-hybridized carbons (Fsp3) is 0.154. The quantitative estimate of drug-likeness (QED) is 0.566. The second kappa shape index (κ2) is 9.30. The Bertz CT molecular complexity index is 1060. The first kappa shape index (κ1) is 20.4. The first-order valence-corrected chi connectivity index (χ1v) is 10.2. The van der Waals surface area contributed by atoms with Crippen molar-refractivity contribution in [1.82, 2.24) is 5.32 Å². The van der Waals surface area contributed by atoms with Gasteiger partial charge in [-0.25, -0.2) is 4.79 Å². The van der Waals surface area contributed by atoms with Crippen molar-refractivity contribution in [2.24, 2.45) is 0 Å². The minimum absolute atomic E-state index is 0.0454. The summed E-state index contributed by atoms with van der Waals surface area (Å²) in [6.07, 6.45) is 2.60. The Morgan fingerprint density at radius 3 is 2.10 bits per heavy atom. The van der Waals surface area contributed by atoms with Gasteiger partial charge in [-0.3, -0.25) is 4.79 Å². The van der Waals surface area contributed by atoms with Gasteiger partial charge in [0.1, 0.15) is 6.61 Å². The number of hydrogen-bond acceptors (Lipinski definition) is 3. The minimum atomic E-state index is -0.998. The Balaban J connectivity index is 1.43. The van der Waals surface area contributed by atoms with Crippen LogP contribution >= 0.6 is 0 Å². The van der Waals surface area contributed by atoms with Gasteiger partial charge in [0.15, 0.2) is 0 Å². The number of nitrogens with one attached hydrogen (secondary N) is 1. The molecule has 0 saturated heterocycles. The first-order chi connectivity index (χ1) is 15.1. The standard InChI is InChI=1S/C26H23NO4/c28-25(29)16-19(15-14-18-8-2-1-3-9-18)27-26(30)31-17-24-22-12-6-4-10-20(22)21-11-5-7-13-23(21)24/h1-15,19,24H,16-17H2,(H,27,30)(H,28,29)/b15-14+/t19-/m0/s1. The van der Waals surface area contributed by atoms with E-state index >= 15 is 0 Å². The molecular weight excluding hydrogens is 390 g/mol. The van der Waals surface area contributed by atoms with Crippen molar-refractivity contribution in [2.45, 2.75) is 18.4 Å². The van der Waals surface area contributed by atoms with Gasteiger partial charge < -0.3 is 15.2 Å². The lowest BCUT2D eigenvalue weighted by atomic mass is 9.98. The molecule has 156 valence electrons. The second-order valence-corrected chi connectivity index (χ2v) is 7.44. The van der Waals surface area contributed by atoms with E-state index in [0.29, 0.717) is 0 Å². The lowest BCUT2D eigenvalue weighted by molar-refractivity contribution is -0.137. The number of hydrogen-bond donors (Lipinski definition) is 2. The number of carbonyl (C=O) groups is 2. The first-order valence-electron chi connectivity index (χ1n) is 10.2. The fourth-order valence-corrected chi connectivity index (χ4v) is 3.94. The molecule has 0 saturated carbocycles. The number of amides is 1. The average molecular weight is 413 g/mol. The summed E-state index contributed by atoms with van der Waals surface area (Å²) in [4.78, 5) is 23.7. The van der Waals surface area contributed by atoms with E-state index in [1.165, 1.54) is 0 Å². The third-order valence-corrected chi connectivity index (χ3v) is 5.36. The fourth-order valence-electron chi connectivity index (χ4n) is 3.94. The number of rotatable bonds is 7. The summed E-state index contributed by atoms with van der Waals surface area (Å²) in [5.41, 5.74) is 5.49. The average Bonchev–Trinajstić information content (AvgIpc) is 3.10. The van der Waals surface area contributed by atoms with E-state index in [1.54, 1.807) is 12.2 Å². The number of benzene rings is 3. The molecule has 0 radical (unpaired) electrons. The van der Waals surface area contributed by atoms with Crippen LogP contribution in [0.25, 0.3) is 17.2 Å². The van der Waals surface area contributed by atoms with Gasteiger partial charge in [-0.2, -0.15) is 0 Å². The molecule has 5 nitrogen and oxygen atoms in total. The number of ether oxygens (including phenoxy) is 1. The Morgan fingerprint density at radius 2 is 1.48 bits per heavy atom. The lowest BCUT2D eigenvalue weighted by Crippen LogP contribution is -2.36. The van der Waals surface area contributed by atoms with Gasteiger partial charge in [0.2, 0.25) is 0 Å². The number of fused-ring (bicyclic) bond motifs is 3. The normalized spacial score (nSPS) is 13.4. The van der Waals surface area contributed by atoms with Crippen LogP contribution in [-0.4, -0.2) is 29.8 Å². The molecule has 4 rings (SSSR count). The van der Waals surface area contributed by atoms with Crippen LogP contribution in [0.4, 0.5) is 4.79 Å². The van der Waals surface area contributed by atoms with Crippen LogP contribution in [-0.2, 0) is 9.53 Å². The zero-order valence-electron chi connectivity index (χ0n) is 16.9. The predicted octanol–water partition coefficient (Wildman–Crippen LogP) is 5.08. The van der Waals surface area contributed by atoms with Crippen molar-refractivity contribution in [1.29, 1.82) is 0 Å². The third-order valence-electron chi connectivity index (χ3n) is 5.36. The number of alkyl carbamates (subject to hydrolysis) is 1. The number of carboxylic acids is 1. The molecule has 0 spiro atoms. The molecule has 0 aliphatic heterocycles. The summed E-state index contributed by atoms with van der Waals surface area (Å²) >= 11 is 0. The topological polar surface area (TPSA) is 75.6 Å². The molecule has 3 aromatic carbocycles. The third kappa shape index (κ3) is 4.83. The highest BCUT2D eigenvalue weighted by atomic mass is 16.5. The molecule has 1 aliphatic carbocycles. The van der Waals surface area contributed by atoms with Gasteiger partial charge in [0.05, 0.1) is 12.5 Å². The molecule has 0 unspecified atom stereocenters. The summed E-state index contributed by atoms with van der Waals surface area (Å²) in [6, 6.07) is 25.0. The van der Waals surface area contributed by atoms with E-state index in [4.69, 9.17) is 4.74 Å². The van der Waals surface area contributed by atoms with E-state index in [0.717, 1.165) is 27.8 Å². The van der Waals surface area contributed by atoms with Crippen molar-refractivity contribution < 1.29 is 19.4 Å². The summed E-state index contributed by atoms with van der Waals surface area (Å²) in [6.45, 7) is 0.183. The van der Waals surface area contributed by atoms with Crippen LogP contribution in [0, 0.1) is 0 Å². The molecule has 1 atom stereocenters. The maximum absolute atomic E-state index is 12.5. The maximum Gasteiger partial charge on any atom is 0.407 e. The van der Waals surface area contributed by atoms with Crippen LogP contribution in [0.3, 0.4) is 0 Å². The Kier molecular flexibility index (Phi) is 6.13. The molecular formula is C26H23NO4. The van der Waals surface area contributed by atoms with Gasteiger partial charge in [0, 0.05) is 5.92 Å². The second-order valence-electron chi connectivity index (χ2n) is 7.44. The van der Waals surface area contributed by atoms with Gasteiger partial charge in [-0.05, 0) is 27.8 Å². The van der Waals surface area contributed by atoms with E-state index in [9.17, 15) is 14.7 Å². The molecule has 0 heterocycles. The highest BCUT2D eigenvalue weighted by molar-refractivity contribution is 5.79. The van der Waals surface area contributed by atoms with Crippen LogP contribution in [0.1, 0.15) is 29.0 Å². The lowest BCUT2D eigenvalue weighted by Gasteiger charge is -2.17. The van der Waals surface area contributed by atoms with Crippen molar-refractivity contribution in [3.8, 4) is 11.1 Å². The van der Waals surface area contributed by atoms with Gasteiger partial charge in [0.25, 0.3) is 0 Å². The van der Waals surface area contributed by atoms with Crippen LogP contribution in [0.2, 0.25) is 0 Å². The van der Waals surface area contributed by atoms with Crippen LogP contribution in [0.5, 0.6) is 0 Å². The minimum Gasteiger partial charge on any atom is -0.481 e. The molecule has 0 aromatic heterocycles. The summed E-state index contributed by atoms with van der Waals surface area (Å²) in [7, 11) is 0. The zero-order valence-corrected chi connectivity index (χ0v) is 16.9. The van der Waals surface area contributed by atoms with Crippen LogP contribution in [0.15, 0.2) is 84.9 Å². The summed E-state index contributed by atoms with van der Waals surface area (Å²) in [5.74, 6) is -1.04. The SMILES string of the molecule is O=C(O)C[C@H](/C=C/c1ccccc1)NC(=O)OCC1c2ccccc2-c2ccccc21. The Hall–Kier alpha value is -3.86. The molecule has 31 heavy (non-hydrogen) atoms. The van der Waals surface area contributed by atoms with Gasteiger partial charge in [-0.15, -0.1) is 0 Å². The van der Waals surface area contributed by atoms with Crippen LogP contribution < -0.4 is 5.32 Å². The van der Waals surface area contributed by atoms with E-state index < -0.39 is 18.1 Å². The van der Waals surface area contributed by atoms with E-state index in [1.807, 2.05) is 54.6 Å². The van der Waals surface area contributed by atoms with Gasteiger partial charge in [-0.1, -0.05) is 91.0 Å². The molecule has 5 heteroatoms. The molecule has 3 aromatic rings. The van der Waals surface area contributed by atoms with E-state index in [-0.39, 0.29) is 18.9 Å². The highest BCUT2D eigenvalue weighted by Crippen LogP contribution is 2.44. The molecule has 0 fully saturated rings. The summed E-state index contributed by atoms with van der Waals surface area (Å²) < 4.78 is 5.53. The molecule has 1 aliphatic rings. The number of aliphatic carboxylic acids is 1. The molecule has 1 amide bonds. The Labute approximate surface area is 181 Å². The van der Waals surface area contributed by atoms with Crippen molar-refractivity contribution >= 4 is 18.1 Å².